The van der Waals surface area contributed by atoms with Crippen molar-refractivity contribution in [3.8, 4) is 11.3 Å². The van der Waals surface area contributed by atoms with Crippen molar-refractivity contribution in [2.45, 2.75) is 32.0 Å². The molecule has 1 aromatic carbocycles. The number of carbonyl (C=O) groups is 1. The number of benzene rings is 1. The van der Waals surface area contributed by atoms with Crippen LogP contribution in [0.15, 0.2) is 36.5 Å². The molecule has 0 bridgehead atoms. The number of carbonyl (C=O) groups excluding carboxylic acids is 1. The molecule has 2 unspecified atom stereocenters. The number of H-pyrrole nitrogens is 1. The van der Waals surface area contributed by atoms with Crippen LogP contribution in [0.3, 0.4) is 0 Å². The van der Waals surface area contributed by atoms with Crippen LogP contribution in [0.2, 0.25) is 0 Å². The summed E-state index contributed by atoms with van der Waals surface area (Å²) in [7, 11) is 0. The van der Waals surface area contributed by atoms with Crippen molar-refractivity contribution >= 4 is 11.6 Å². The molecule has 104 valence electrons. The fourth-order valence-electron chi connectivity index (χ4n) is 2.37. The molecule has 1 aliphatic rings. The van der Waals surface area contributed by atoms with Gasteiger partial charge in [0.05, 0.1) is 11.8 Å². The van der Waals surface area contributed by atoms with Gasteiger partial charge < -0.3 is 10.1 Å². The fourth-order valence-corrected chi connectivity index (χ4v) is 2.37. The molecule has 1 amide bonds. The highest BCUT2D eigenvalue weighted by Gasteiger charge is 2.28. The number of rotatable bonds is 3. The number of amides is 1. The number of hydrogen-bond donors (Lipinski definition) is 2. The van der Waals surface area contributed by atoms with Gasteiger partial charge in [-0.1, -0.05) is 12.1 Å². The minimum Gasteiger partial charge on any atom is -0.365 e. The number of anilines is 1. The van der Waals surface area contributed by atoms with E-state index in [2.05, 4.69) is 15.5 Å². The van der Waals surface area contributed by atoms with E-state index in [1.165, 1.54) is 0 Å². The Kier molecular flexibility index (Phi) is 3.52. The first-order valence-corrected chi connectivity index (χ1v) is 6.78. The molecule has 20 heavy (non-hydrogen) atoms. The molecule has 2 N–H and O–H groups in total. The highest BCUT2D eigenvalue weighted by Crippen LogP contribution is 2.22. The topological polar surface area (TPSA) is 67.0 Å². The van der Waals surface area contributed by atoms with E-state index < -0.39 is 0 Å². The van der Waals surface area contributed by atoms with Gasteiger partial charge in [0.15, 0.2) is 0 Å². The summed E-state index contributed by atoms with van der Waals surface area (Å²) in [6.07, 6.45) is 3.30. The van der Waals surface area contributed by atoms with Crippen LogP contribution >= 0.6 is 0 Å². The van der Waals surface area contributed by atoms with E-state index in [1.54, 1.807) is 6.20 Å². The van der Waals surface area contributed by atoms with Crippen LogP contribution in [0, 0.1) is 0 Å². The van der Waals surface area contributed by atoms with Crippen molar-refractivity contribution in [3.05, 3.63) is 36.5 Å². The molecule has 0 spiro atoms. The number of ether oxygens (including phenoxy) is 1. The zero-order chi connectivity index (χ0) is 13.9. The van der Waals surface area contributed by atoms with Gasteiger partial charge in [-0.2, -0.15) is 5.10 Å². The van der Waals surface area contributed by atoms with Gasteiger partial charge in [-0.15, -0.1) is 0 Å². The maximum atomic E-state index is 12.0. The fraction of sp³-hybridized carbons (Fsp3) is 0.333. The average Bonchev–Trinajstić information content (AvgIpc) is 3.10. The molecule has 3 rings (SSSR count). The van der Waals surface area contributed by atoms with Crippen molar-refractivity contribution in [2.24, 2.45) is 0 Å². The number of nitrogens with one attached hydrogen (secondary N) is 2. The summed E-state index contributed by atoms with van der Waals surface area (Å²) in [5, 5.41) is 9.71. The standard InChI is InChI=1S/C15H17N3O2/c1-10-2-7-14(20-10)15(19)17-12-5-3-11(4-6-12)13-8-9-16-18-13/h3-6,8-10,14H,2,7H2,1H3,(H,16,18)(H,17,19). The Labute approximate surface area is 117 Å². The monoisotopic (exact) mass is 271 g/mol. The van der Waals surface area contributed by atoms with Crippen molar-refractivity contribution in [1.29, 1.82) is 0 Å². The molecule has 2 atom stereocenters. The highest BCUT2D eigenvalue weighted by molar-refractivity contribution is 5.94. The lowest BCUT2D eigenvalue weighted by Crippen LogP contribution is -2.27. The molecule has 1 fully saturated rings. The molecule has 5 heteroatoms. The first kappa shape index (κ1) is 12.9. The average molecular weight is 271 g/mol. The second-order valence-corrected chi connectivity index (χ2v) is 5.05. The Morgan fingerprint density at radius 3 is 2.70 bits per heavy atom. The number of aromatic amines is 1. The Morgan fingerprint density at radius 1 is 1.30 bits per heavy atom. The van der Waals surface area contributed by atoms with Crippen LogP contribution < -0.4 is 5.32 Å². The third-order valence-electron chi connectivity index (χ3n) is 3.49. The minimum absolute atomic E-state index is 0.0661. The van der Waals surface area contributed by atoms with Crippen molar-refractivity contribution in [2.75, 3.05) is 5.32 Å². The van der Waals surface area contributed by atoms with Gasteiger partial charge in [0, 0.05) is 11.9 Å². The molecule has 0 saturated carbocycles. The van der Waals surface area contributed by atoms with Crippen LogP contribution in [0.5, 0.6) is 0 Å². The zero-order valence-electron chi connectivity index (χ0n) is 11.3. The minimum atomic E-state index is -0.322. The molecule has 1 aliphatic heterocycles. The summed E-state index contributed by atoms with van der Waals surface area (Å²) in [5.41, 5.74) is 2.77. The van der Waals surface area contributed by atoms with E-state index in [-0.39, 0.29) is 18.1 Å². The SMILES string of the molecule is CC1CCC(C(=O)Nc2ccc(-c3ccn[nH]3)cc2)O1. The molecule has 1 saturated heterocycles. The van der Waals surface area contributed by atoms with E-state index in [0.717, 1.165) is 29.8 Å². The summed E-state index contributed by atoms with van der Waals surface area (Å²) in [5.74, 6) is -0.0661. The maximum Gasteiger partial charge on any atom is 0.253 e. The van der Waals surface area contributed by atoms with Crippen LogP contribution in [-0.2, 0) is 9.53 Å². The molecule has 2 heterocycles. The summed E-state index contributed by atoms with van der Waals surface area (Å²) in [6, 6.07) is 9.56. The summed E-state index contributed by atoms with van der Waals surface area (Å²) < 4.78 is 5.55. The van der Waals surface area contributed by atoms with E-state index in [1.807, 2.05) is 37.3 Å². The van der Waals surface area contributed by atoms with Crippen LogP contribution in [0.25, 0.3) is 11.3 Å². The van der Waals surface area contributed by atoms with Gasteiger partial charge in [0.25, 0.3) is 5.91 Å². The lowest BCUT2D eigenvalue weighted by Gasteiger charge is -2.12. The van der Waals surface area contributed by atoms with Crippen molar-refractivity contribution in [1.82, 2.24) is 10.2 Å². The van der Waals surface area contributed by atoms with Crippen LogP contribution in [0.4, 0.5) is 5.69 Å². The quantitative estimate of drug-likeness (QED) is 0.901. The first-order chi connectivity index (χ1) is 9.72. The first-order valence-electron chi connectivity index (χ1n) is 6.78. The molecular weight excluding hydrogens is 254 g/mol. The van der Waals surface area contributed by atoms with Gasteiger partial charge in [0.2, 0.25) is 0 Å². The third kappa shape index (κ3) is 2.72. The van der Waals surface area contributed by atoms with Crippen LogP contribution in [0.1, 0.15) is 19.8 Å². The van der Waals surface area contributed by atoms with Crippen molar-refractivity contribution < 1.29 is 9.53 Å². The third-order valence-corrected chi connectivity index (χ3v) is 3.49. The van der Waals surface area contributed by atoms with Crippen molar-refractivity contribution in [3.63, 3.8) is 0 Å². The normalized spacial score (nSPS) is 21.9. The number of hydrogen-bond acceptors (Lipinski definition) is 3. The maximum absolute atomic E-state index is 12.0. The number of aromatic nitrogens is 2. The lowest BCUT2D eigenvalue weighted by molar-refractivity contribution is -0.126. The van der Waals surface area contributed by atoms with E-state index in [0.29, 0.717) is 0 Å². The smallest absolute Gasteiger partial charge is 0.253 e. The molecule has 0 aliphatic carbocycles. The largest absolute Gasteiger partial charge is 0.365 e. The van der Waals surface area contributed by atoms with Gasteiger partial charge >= 0.3 is 0 Å². The molecular formula is C15H17N3O2. The molecule has 0 radical (unpaired) electrons. The molecule has 2 aromatic rings. The Balaban J connectivity index is 1.65. The van der Waals surface area contributed by atoms with Crippen LogP contribution in [-0.4, -0.2) is 28.3 Å². The highest BCUT2D eigenvalue weighted by atomic mass is 16.5. The van der Waals surface area contributed by atoms with E-state index in [9.17, 15) is 4.79 Å². The zero-order valence-corrected chi connectivity index (χ0v) is 11.3. The predicted molar refractivity (Wildman–Crippen MR) is 76.2 cm³/mol. The second kappa shape index (κ2) is 5.46. The number of nitrogens with zero attached hydrogens (tertiary/aromatic N) is 1. The summed E-state index contributed by atoms with van der Waals surface area (Å²) in [4.78, 5) is 12.0. The molecule has 5 nitrogen and oxygen atoms in total. The second-order valence-electron chi connectivity index (χ2n) is 5.05. The van der Waals surface area contributed by atoms with E-state index >= 15 is 0 Å². The van der Waals surface area contributed by atoms with Gasteiger partial charge in [-0.05, 0) is 43.5 Å². The van der Waals surface area contributed by atoms with Gasteiger partial charge in [-0.25, -0.2) is 0 Å². The Bertz CT molecular complexity index is 578. The summed E-state index contributed by atoms with van der Waals surface area (Å²) in [6.45, 7) is 1.99. The predicted octanol–water partition coefficient (Wildman–Crippen LogP) is 2.58. The van der Waals surface area contributed by atoms with E-state index in [4.69, 9.17) is 4.74 Å². The Hall–Kier alpha value is -2.14. The van der Waals surface area contributed by atoms with Gasteiger partial charge in [-0.3, -0.25) is 9.89 Å². The Morgan fingerprint density at radius 2 is 2.10 bits per heavy atom. The summed E-state index contributed by atoms with van der Waals surface area (Å²) >= 11 is 0. The van der Waals surface area contributed by atoms with Gasteiger partial charge in [0.1, 0.15) is 6.10 Å². The molecule has 1 aromatic heterocycles. The lowest BCUT2D eigenvalue weighted by atomic mass is 10.1.